The van der Waals surface area contributed by atoms with Crippen LogP contribution in [0.25, 0.3) is 32.3 Å². The van der Waals surface area contributed by atoms with Gasteiger partial charge in [0.15, 0.2) is 0 Å². The number of fused-ring (bicyclic) bond motifs is 5. The second-order valence-electron chi connectivity index (χ2n) is 7.48. The topological polar surface area (TPSA) is 0 Å². The molecule has 0 N–H and O–H groups in total. The molecule has 4 rings (SSSR count). The number of unbranched alkanes of at least 4 members (excludes halogenated alkanes) is 5. The van der Waals surface area contributed by atoms with E-state index in [0.717, 1.165) is 0 Å². The van der Waals surface area contributed by atoms with E-state index in [1.165, 1.54) is 82.8 Å². The fraction of sp³-hybridized carbons (Fsp3) is 0.308. The van der Waals surface area contributed by atoms with E-state index < -0.39 is 0 Å². The first kappa shape index (κ1) is 17.1. The maximum Gasteiger partial charge on any atom is -0.00962 e. The fourth-order valence-corrected chi connectivity index (χ4v) is 4.24. The molecule has 0 nitrogen and oxygen atoms in total. The molecule has 0 heteroatoms. The largest absolute Gasteiger partial charge is 0.0654 e. The Morgan fingerprint density at radius 2 is 1.19 bits per heavy atom. The van der Waals surface area contributed by atoms with Gasteiger partial charge in [-0.25, -0.2) is 0 Å². The van der Waals surface area contributed by atoms with Crippen LogP contribution in [-0.2, 0) is 6.42 Å². The summed E-state index contributed by atoms with van der Waals surface area (Å²) in [5.74, 6) is 0. The van der Waals surface area contributed by atoms with Crippen LogP contribution in [0.3, 0.4) is 0 Å². The second-order valence-corrected chi connectivity index (χ2v) is 7.48. The van der Waals surface area contributed by atoms with Crippen molar-refractivity contribution in [1.82, 2.24) is 0 Å². The smallest absolute Gasteiger partial charge is 0.00962 e. The lowest BCUT2D eigenvalue weighted by molar-refractivity contribution is 0.608. The molecule has 0 spiro atoms. The molecule has 0 amide bonds. The van der Waals surface area contributed by atoms with E-state index in [0.29, 0.717) is 0 Å². The fourth-order valence-electron chi connectivity index (χ4n) is 4.24. The van der Waals surface area contributed by atoms with Crippen molar-refractivity contribution in [3.8, 4) is 0 Å². The van der Waals surface area contributed by atoms with Crippen molar-refractivity contribution in [1.29, 1.82) is 0 Å². The molecule has 0 unspecified atom stereocenters. The molecule has 4 aromatic carbocycles. The van der Waals surface area contributed by atoms with Crippen molar-refractivity contribution < 1.29 is 0 Å². The van der Waals surface area contributed by atoms with Crippen LogP contribution in [0.2, 0.25) is 0 Å². The first-order valence-electron chi connectivity index (χ1n) is 10.2. The third-order valence-corrected chi connectivity index (χ3v) is 5.65. The molecular weight excluding hydrogens is 312 g/mol. The predicted octanol–water partition coefficient (Wildman–Crippen LogP) is 8.05. The van der Waals surface area contributed by atoms with E-state index in [4.69, 9.17) is 0 Å². The van der Waals surface area contributed by atoms with E-state index >= 15 is 0 Å². The highest BCUT2D eigenvalue weighted by Crippen LogP contribution is 2.34. The lowest BCUT2D eigenvalue weighted by Gasteiger charge is -2.13. The molecule has 0 fully saturated rings. The normalized spacial score (nSPS) is 11.6. The van der Waals surface area contributed by atoms with E-state index in [-0.39, 0.29) is 0 Å². The summed E-state index contributed by atoms with van der Waals surface area (Å²) in [4.78, 5) is 0. The zero-order chi connectivity index (χ0) is 17.8. The van der Waals surface area contributed by atoms with Gasteiger partial charge >= 0.3 is 0 Å². The Balaban J connectivity index is 1.74. The third-order valence-electron chi connectivity index (χ3n) is 5.65. The first-order valence-corrected chi connectivity index (χ1v) is 10.2. The minimum absolute atomic E-state index is 1.19. The van der Waals surface area contributed by atoms with Gasteiger partial charge < -0.3 is 0 Å². The van der Waals surface area contributed by atoms with Gasteiger partial charge in [-0.2, -0.15) is 0 Å². The average molecular weight is 341 g/mol. The third kappa shape index (κ3) is 3.33. The van der Waals surface area contributed by atoms with Gasteiger partial charge in [0, 0.05) is 0 Å². The summed E-state index contributed by atoms with van der Waals surface area (Å²) in [6, 6.07) is 24.7. The molecule has 26 heavy (non-hydrogen) atoms. The zero-order valence-electron chi connectivity index (χ0n) is 15.8. The van der Waals surface area contributed by atoms with Crippen LogP contribution in [0.4, 0.5) is 0 Å². The number of hydrogen-bond acceptors (Lipinski definition) is 0. The van der Waals surface area contributed by atoms with Crippen LogP contribution in [0, 0.1) is 0 Å². The van der Waals surface area contributed by atoms with E-state index in [9.17, 15) is 0 Å². The van der Waals surface area contributed by atoms with Crippen molar-refractivity contribution >= 4 is 32.3 Å². The molecule has 0 aliphatic rings. The molecule has 0 aliphatic heterocycles. The maximum atomic E-state index is 2.46. The number of aryl methyl sites for hydroxylation is 1. The van der Waals surface area contributed by atoms with Gasteiger partial charge in [-0.15, -0.1) is 0 Å². The van der Waals surface area contributed by atoms with Crippen LogP contribution >= 0.6 is 0 Å². The molecule has 0 atom stereocenters. The lowest BCUT2D eigenvalue weighted by Crippen LogP contribution is -1.91. The summed E-state index contributed by atoms with van der Waals surface area (Å²) < 4.78 is 0. The van der Waals surface area contributed by atoms with Crippen molar-refractivity contribution in [3.63, 3.8) is 0 Å². The van der Waals surface area contributed by atoms with Crippen molar-refractivity contribution in [2.24, 2.45) is 0 Å². The van der Waals surface area contributed by atoms with Crippen molar-refractivity contribution in [2.75, 3.05) is 0 Å². The molecule has 0 bridgehead atoms. The molecule has 132 valence electrons. The Morgan fingerprint density at radius 1 is 0.538 bits per heavy atom. The SMILES string of the molecule is CCCCCCCCc1cc2c3ccccc3ccc2c2ccccc12. The maximum absolute atomic E-state index is 2.46. The van der Waals surface area contributed by atoms with Crippen LogP contribution in [0.5, 0.6) is 0 Å². The second kappa shape index (κ2) is 7.91. The van der Waals surface area contributed by atoms with Gasteiger partial charge in [-0.05, 0) is 56.8 Å². The number of benzene rings is 4. The van der Waals surface area contributed by atoms with E-state index in [2.05, 4.69) is 73.7 Å². The average Bonchev–Trinajstić information content (AvgIpc) is 2.70. The van der Waals surface area contributed by atoms with Gasteiger partial charge in [-0.3, -0.25) is 0 Å². The van der Waals surface area contributed by atoms with Gasteiger partial charge in [0.25, 0.3) is 0 Å². The molecule has 0 aliphatic carbocycles. The summed E-state index contributed by atoms with van der Waals surface area (Å²) in [5.41, 5.74) is 1.51. The molecule has 0 saturated carbocycles. The summed E-state index contributed by atoms with van der Waals surface area (Å²) in [6.07, 6.45) is 9.30. The van der Waals surface area contributed by atoms with E-state index in [1.807, 2.05) is 0 Å². The molecule has 0 aromatic heterocycles. The van der Waals surface area contributed by atoms with Crippen LogP contribution in [-0.4, -0.2) is 0 Å². The van der Waals surface area contributed by atoms with Crippen molar-refractivity contribution in [2.45, 2.75) is 51.9 Å². The van der Waals surface area contributed by atoms with Crippen LogP contribution in [0.15, 0.2) is 66.7 Å². The van der Waals surface area contributed by atoms with Crippen molar-refractivity contribution in [3.05, 3.63) is 72.3 Å². The monoisotopic (exact) mass is 340 g/mol. The minimum atomic E-state index is 1.19. The predicted molar refractivity (Wildman–Crippen MR) is 116 cm³/mol. The quantitative estimate of drug-likeness (QED) is 0.236. The number of hydrogen-bond donors (Lipinski definition) is 0. The lowest BCUT2D eigenvalue weighted by atomic mass is 9.92. The first-order chi connectivity index (χ1) is 12.9. The Kier molecular flexibility index (Phi) is 5.20. The summed E-state index contributed by atoms with van der Waals surface area (Å²) in [5, 5.41) is 8.33. The Labute approximate surface area is 156 Å². The minimum Gasteiger partial charge on any atom is -0.0654 e. The Hall–Kier alpha value is -2.34. The standard InChI is InChI=1S/C26H28/c1-2-3-4-5-6-7-13-21-19-26-22-14-9-8-12-20(22)17-18-25(26)24-16-11-10-15-23(21)24/h8-12,14-19H,2-7,13H2,1H3. The highest BCUT2D eigenvalue weighted by molar-refractivity contribution is 6.18. The Bertz CT molecular complexity index is 1030. The van der Waals surface area contributed by atoms with E-state index in [1.54, 1.807) is 0 Å². The highest BCUT2D eigenvalue weighted by Gasteiger charge is 2.08. The molecule has 4 aromatic rings. The molecular formula is C26H28. The van der Waals surface area contributed by atoms with Gasteiger partial charge in [-0.1, -0.05) is 99.7 Å². The van der Waals surface area contributed by atoms with Gasteiger partial charge in [0.05, 0.1) is 0 Å². The zero-order valence-corrected chi connectivity index (χ0v) is 15.8. The summed E-state index contributed by atoms with van der Waals surface area (Å²) in [6.45, 7) is 2.28. The van der Waals surface area contributed by atoms with Crippen LogP contribution in [0.1, 0.15) is 51.0 Å². The van der Waals surface area contributed by atoms with Gasteiger partial charge in [0.2, 0.25) is 0 Å². The molecule has 0 saturated heterocycles. The Morgan fingerprint density at radius 3 is 2.04 bits per heavy atom. The summed E-state index contributed by atoms with van der Waals surface area (Å²) in [7, 11) is 0. The van der Waals surface area contributed by atoms with Gasteiger partial charge in [0.1, 0.15) is 0 Å². The molecule has 0 radical (unpaired) electrons. The highest BCUT2D eigenvalue weighted by atomic mass is 14.1. The number of rotatable bonds is 7. The summed E-state index contributed by atoms with van der Waals surface area (Å²) >= 11 is 0. The van der Waals surface area contributed by atoms with Crippen LogP contribution < -0.4 is 0 Å². The molecule has 0 heterocycles.